The van der Waals surface area contributed by atoms with E-state index in [1.807, 2.05) is 0 Å². The lowest BCUT2D eigenvalue weighted by Crippen LogP contribution is -2.26. The van der Waals surface area contributed by atoms with Crippen molar-refractivity contribution < 1.29 is 14.3 Å². The molecule has 0 aromatic carbocycles. The number of rotatable bonds is 7. The molecule has 0 unspecified atom stereocenters. The summed E-state index contributed by atoms with van der Waals surface area (Å²) < 4.78 is 6.57. The van der Waals surface area contributed by atoms with Gasteiger partial charge >= 0.3 is 5.97 Å². The fourth-order valence-corrected chi connectivity index (χ4v) is 2.28. The Balaban J connectivity index is 2.99. The fourth-order valence-electron chi connectivity index (χ4n) is 2.28. The molecule has 0 aliphatic rings. The number of carbonyl (C=O) groups is 2. The molecule has 1 heterocycles. The number of unbranched alkanes of at least 4 members (excludes halogenated alkanes) is 1. The van der Waals surface area contributed by atoms with Gasteiger partial charge in [0, 0.05) is 24.7 Å². The Morgan fingerprint density at radius 3 is 2.52 bits per heavy atom. The van der Waals surface area contributed by atoms with Crippen molar-refractivity contribution in [1.82, 2.24) is 4.57 Å². The van der Waals surface area contributed by atoms with Crippen LogP contribution >= 0.6 is 0 Å². The number of ether oxygens (including phenoxy) is 1. The number of esters is 1. The zero-order valence-corrected chi connectivity index (χ0v) is 12.8. The molecule has 0 aliphatic carbocycles. The van der Waals surface area contributed by atoms with Crippen molar-refractivity contribution in [3.8, 4) is 0 Å². The highest BCUT2D eigenvalue weighted by Crippen LogP contribution is 2.13. The third kappa shape index (κ3) is 4.44. The Morgan fingerprint density at radius 1 is 1.29 bits per heavy atom. The molecule has 0 atom stereocenters. The van der Waals surface area contributed by atoms with E-state index in [2.05, 4.69) is 0 Å². The second kappa shape index (κ2) is 7.61. The summed E-state index contributed by atoms with van der Waals surface area (Å²) >= 11 is 0. The van der Waals surface area contributed by atoms with E-state index in [4.69, 9.17) is 10.5 Å². The van der Waals surface area contributed by atoms with Gasteiger partial charge in [-0.25, -0.2) is 4.79 Å². The molecular weight excluding hydrogens is 272 g/mol. The van der Waals surface area contributed by atoms with Gasteiger partial charge in [-0.2, -0.15) is 0 Å². The number of carbonyl (C=O) groups excluding carboxylic acids is 2. The van der Waals surface area contributed by atoms with Gasteiger partial charge in [-0.3, -0.25) is 9.59 Å². The van der Waals surface area contributed by atoms with Crippen LogP contribution in [-0.4, -0.2) is 23.1 Å². The zero-order chi connectivity index (χ0) is 16.0. The molecule has 1 rings (SSSR count). The number of amides is 1. The maximum absolute atomic E-state index is 12.0. The molecule has 21 heavy (non-hydrogen) atoms. The van der Waals surface area contributed by atoms with E-state index in [1.54, 1.807) is 25.3 Å². The molecule has 1 aromatic heterocycles. The van der Waals surface area contributed by atoms with Gasteiger partial charge in [0.25, 0.3) is 5.56 Å². The zero-order valence-electron chi connectivity index (χ0n) is 12.8. The fraction of sp³-hybridized carbons (Fsp3) is 0.533. The molecular formula is C15H22N2O4. The number of hydrogen-bond acceptors (Lipinski definition) is 4. The van der Waals surface area contributed by atoms with Gasteiger partial charge < -0.3 is 15.0 Å². The first-order valence-electron chi connectivity index (χ1n) is 7.05. The van der Waals surface area contributed by atoms with Crippen molar-refractivity contribution in [2.75, 3.05) is 6.61 Å². The van der Waals surface area contributed by atoms with Crippen LogP contribution in [0.15, 0.2) is 10.9 Å². The van der Waals surface area contributed by atoms with E-state index < -0.39 is 5.97 Å². The number of primary amides is 1. The quantitative estimate of drug-likeness (QED) is 0.606. The van der Waals surface area contributed by atoms with Crippen LogP contribution in [0.3, 0.4) is 0 Å². The lowest BCUT2D eigenvalue weighted by molar-refractivity contribution is -0.118. The average Bonchev–Trinajstić information content (AvgIpc) is 2.37. The van der Waals surface area contributed by atoms with E-state index in [-0.39, 0.29) is 18.1 Å². The summed E-state index contributed by atoms with van der Waals surface area (Å²) in [5.41, 5.74) is 6.57. The van der Waals surface area contributed by atoms with Crippen LogP contribution in [0.4, 0.5) is 0 Å². The van der Waals surface area contributed by atoms with Crippen molar-refractivity contribution in [3.63, 3.8) is 0 Å². The van der Waals surface area contributed by atoms with Crippen LogP contribution in [-0.2, 0) is 16.1 Å². The number of nitrogens with zero attached hydrogens (tertiary/aromatic N) is 1. The topological polar surface area (TPSA) is 91.4 Å². The Labute approximate surface area is 123 Å². The molecule has 2 N–H and O–H groups in total. The number of pyridine rings is 1. The maximum atomic E-state index is 12.0. The van der Waals surface area contributed by atoms with Crippen LogP contribution in [0.25, 0.3) is 0 Å². The van der Waals surface area contributed by atoms with Crippen LogP contribution in [0.1, 0.15) is 47.8 Å². The standard InChI is InChI=1S/C15H22N2O4/c1-4-21-15(20)14-10(2)9-13(19)17(11(14)3)8-6-5-7-12(16)18/h9H,4-8H2,1-3H3,(H2,16,18). The molecule has 6 heteroatoms. The lowest BCUT2D eigenvalue weighted by atomic mass is 10.1. The summed E-state index contributed by atoms with van der Waals surface area (Å²) in [4.78, 5) is 34.7. The second-order valence-corrected chi connectivity index (χ2v) is 4.92. The molecule has 0 saturated heterocycles. The van der Waals surface area contributed by atoms with Gasteiger partial charge in [0.15, 0.2) is 0 Å². The van der Waals surface area contributed by atoms with Crippen molar-refractivity contribution in [1.29, 1.82) is 0 Å². The highest BCUT2D eigenvalue weighted by Gasteiger charge is 2.17. The Morgan fingerprint density at radius 2 is 1.95 bits per heavy atom. The lowest BCUT2D eigenvalue weighted by Gasteiger charge is -2.15. The van der Waals surface area contributed by atoms with Crippen molar-refractivity contribution in [2.24, 2.45) is 5.73 Å². The Hall–Kier alpha value is -2.11. The molecule has 0 bridgehead atoms. The molecule has 0 aliphatic heterocycles. The summed E-state index contributed by atoms with van der Waals surface area (Å²) in [6, 6.07) is 1.44. The van der Waals surface area contributed by atoms with Crippen LogP contribution in [0, 0.1) is 13.8 Å². The molecule has 0 fully saturated rings. The van der Waals surface area contributed by atoms with Crippen LogP contribution in [0.2, 0.25) is 0 Å². The minimum Gasteiger partial charge on any atom is -0.462 e. The van der Waals surface area contributed by atoms with Crippen LogP contribution in [0.5, 0.6) is 0 Å². The SMILES string of the molecule is CCOC(=O)c1c(C)cc(=O)n(CCCCC(N)=O)c1C. The summed E-state index contributed by atoms with van der Waals surface area (Å²) in [6.45, 7) is 5.93. The van der Waals surface area contributed by atoms with Crippen LogP contribution < -0.4 is 11.3 Å². The third-order valence-electron chi connectivity index (χ3n) is 3.30. The molecule has 0 saturated carbocycles. The van der Waals surface area contributed by atoms with E-state index in [9.17, 15) is 14.4 Å². The summed E-state index contributed by atoms with van der Waals surface area (Å²) in [6.07, 6.45) is 1.56. The maximum Gasteiger partial charge on any atom is 0.340 e. The summed E-state index contributed by atoms with van der Waals surface area (Å²) in [7, 11) is 0. The number of hydrogen-bond donors (Lipinski definition) is 1. The van der Waals surface area contributed by atoms with E-state index in [0.717, 1.165) is 0 Å². The normalized spacial score (nSPS) is 10.4. The third-order valence-corrected chi connectivity index (χ3v) is 3.30. The van der Waals surface area contributed by atoms with E-state index in [1.165, 1.54) is 6.07 Å². The van der Waals surface area contributed by atoms with Gasteiger partial charge in [0.2, 0.25) is 5.91 Å². The molecule has 0 radical (unpaired) electrons. The van der Waals surface area contributed by atoms with Gasteiger partial charge in [0.1, 0.15) is 0 Å². The predicted molar refractivity (Wildman–Crippen MR) is 79.2 cm³/mol. The van der Waals surface area contributed by atoms with Gasteiger partial charge in [-0.1, -0.05) is 0 Å². The molecule has 116 valence electrons. The first-order chi connectivity index (χ1) is 9.88. The molecule has 6 nitrogen and oxygen atoms in total. The van der Waals surface area contributed by atoms with Crippen molar-refractivity contribution >= 4 is 11.9 Å². The Bertz CT molecular complexity index is 590. The molecule has 1 amide bonds. The Kier molecular flexibility index (Phi) is 6.14. The number of aromatic nitrogens is 1. The number of aryl methyl sites for hydroxylation is 1. The first-order valence-corrected chi connectivity index (χ1v) is 7.05. The smallest absolute Gasteiger partial charge is 0.340 e. The van der Waals surface area contributed by atoms with Gasteiger partial charge in [-0.15, -0.1) is 0 Å². The monoisotopic (exact) mass is 294 g/mol. The van der Waals surface area contributed by atoms with E-state index >= 15 is 0 Å². The minimum atomic E-state index is -0.418. The number of nitrogens with two attached hydrogens (primary N) is 1. The van der Waals surface area contributed by atoms with Crippen molar-refractivity contribution in [3.05, 3.63) is 33.2 Å². The summed E-state index contributed by atoms with van der Waals surface area (Å²) in [5, 5.41) is 0. The van der Waals surface area contributed by atoms with E-state index in [0.29, 0.717) is 42.6 Å². The van der Waals surface area contributed by atoms with Crippen molar-refractivity contribution in [2.45, 2.75) is 46.6 Å². The minimum absolute atomic E-state index is 0.155. The average molecular weight is 294 g/mol. The summed E-state index contributed by atoms with van der Waals surface area (Å²) in [5.74, 6) is -0.770. The van der Waals surface area contributed by atoms with Gasteiger partial charge in [0.05, 0.1) is 12.2 Å². The van der Waals surface area contributed by atoms with Gasteiger partial charge in [-0.05, 0) is 39.2 Å². The highest BCUT2D eigenvalue weighted by atomic mass is 16.5. The first kappa shape index (κ1) is 16.9. The highest BCUT2D eigenvalue weighted by molar-refractivity contribution is 5.92. The molecule has 0 spiro atoms. The molecule has 1 aromatic rings. The predicted octanol–water partition coefficient (Wildman–Crippen LogP) is 1.30. The second-order valence-electron chi connectivity index (χ2n) is 4.92. The largest absolute Gasteiger partial charge is 0.462 e.